The van der Waals surface area contributed by atoms with Crippen molar-refractivity contribution < 1.29 is 9.53 Å². The van der Waals surface area contributed by atoms with Gasteiger partial charge in [0.05, 0.1) is 19.8 Å². The van der Waals surface area contributed by atoms with Crippen molar-refractivity contribution in [3.05, 3.63) is 64.4 Å². The van der Waals surface area contributed by atoms with Gasteiger partial charge in [0.25, 0.3) is 0 Å². The predicted octanol–water partition coefficient (Wildman–Crippen LogP) is 3.36. The van der Waals surface area contributed by atoms with Crippen LogP contribution in [0.4, 0.5) is 0 Å². The molecule has 154 valence electrons. The molecule has 0 N–H and O–H groups in total. The Kier molecular flexibility index (Phi) is 6.80. The van der Waals surface area contributed by atoms with Gasteiger partial charge in [0.15, 0.2) is 0 Å². The fourth-order valence-electron chi connectivity index (χ4n) is 4.21. The van der Waals surface area contributed by atoms with Crippen LogP contribution in [0.5, 0.6) is 0 Å². The van der Waals surface area contributed by atoms with Crippen molar-refractivity contribution in [1.82, 2.24) is 14.8 Å². The number of piperidine rings is 1. The highest BCUT2D eigenvalue weighted by molar-refractivity contribution is 6.31. The van der Waals surface area contributed by atoms with Gasteiger partial charge in [0.2, 0.25) is 5.91 Å². The van der Waals surface area contributed by atoms with Crippen molar-refractivity contribution in [2.24, 2.45) is 0 Å². The number of ether oxygens (including phenoxy) is 1. The quantitative estimate of drug-likeness (QED) is 0.754. The van der Waals surface area contributed by atoms with Crippen molar-refractivity contribution >= 4 is 17.5 Å². The maximum Gasteiger partial charge on any atom is 0.236 e. The lowest BCUT2D eigenvalue weighted by Gasteiger charge is -2.34. The predicted molar refractivity (Wildman–Crippen MR) is 114 cm³/mol. The maximum atomic E-state index is 12.6. The number of morpholine rings is 1. The number of carbonyl (C=O) groups is 1. The summed E-state index contributed by atoms with van der Waals surface area (Å²) in [6.07, 6.45) is 2.95. The Hall–Kier alpha value is -1.95. The van der Waals surface area contributed by atoms with Crippen LogP contribution in [0.15, 0.2) is 42.5 Å². The minimum Gasteiger partial charge on any atom is -0.378 e. The van der Waals surface area contributed by atoms with E-state index < -0.39 is 0 Å². The Balaban J connectivity index is 1.39. The third-order valence-corrected chi connectivity index (χ3v) is 6.17. The smallest absolute Gasteiger partial charge is 0.236 e. The van der Waals surface area contributed by atoms with E-state index in [0.29, 0.717) is 38.8 Å². The van der Waals surface area contributed by atoms with E-state index in [9.17, 15) is 4.79 Å². The van der Waals surface area contributed by atoms with Crippen LogP contribution >= 0.6 is 11.6 Å². The number of nitrogens with zero attached hydrogens (tertiary/aromatic N) is 3. The van der Waals surface area contributed by atoms with Crippen LogP contribution in [0, 0.1) is 0 Å². The SMILES string of the molecule is O=C(CN1CCC[C@@H](c2cccc(Cc3ccccc3Cl)n2)C1)N1CCOCC1. The molecule has 1 atom stereocenters. The largest absolute Gasteiger partial charge is 0.378 e. The van der Waals surface area contributed by atoms with E-state index in [1.54, 1.807) is 0 Å². The normalized spacial score (nSPS) is 20.6. The van der Waals surface area contributed by atoms with Gasteiger partial charge < -0.3 is 9.64 Å². The Morgan fingerprint density at radius 1 is 1.10 bits per heavy atom. The topological polar surface area (TPSA) is 45.7 Å². The minimum atomic E-state index is 0.217. The first kappa shape index (κ1) is 20.3. The number of likely N-dealkylation sites (tertiary alicyclic amines) is 1. The monoisotopic (exact) mass is 413 g/mol. The summed E-state index contributed by atoms with van der Waals surface area (Å²) in [5, 5.41) is 0.783. The van der Waals surface area contributed by atoms with Gasteiger partial charge >= 0.3 is 0 Å². The first-order valence-corrected chi connectivity index (χ1v) is 10.8. The molecule has 3 heterocycles. The van der Waals surface area contributed by atoms with Crippen molar-refractivity contribution in [3.8, 4) is 0 Å². The zero-order chi connectivity index (χ0) is 20.1. The molecule has 0 saturated carbocycles. The highest BCUT2D eigenvalue weighted by atomic mass is 35.5. The zero-order valence-corrected chi connectivity index (χ0v) is 17.5. The van der Waals surface area contributed by atoms with Crippen LogP contribution in [0.25, 0.3) is 0 Å². The van der Waals surface area contributed by atoms with Crippen LogP contribution < -0.4 is 0 Å². The summed E-state index contributed by atoms with van der Waals surface area (Å²) in [5.41, 5.74) is 3.26. The van der Waals surface area contributed by atoms with Gasteiger partial charge in [-0.05, 0) is 43.1 Å². The zero-order valence-electron chi connectivity index (χ0n) is 16.7. The number of benzene rings is 1. The van der Waals surface area contributed by atoms with E-state index in [1.807, 2.05) is 23.1 Å². The average molecular weight is 414 g/mol. The summed E-state index contributed by atoms with van der Waals surface area (Å²) in [6, 6.07) is 14.2. The van der Waals surface area contributed by atoms with Gasteiger partial charge in [-0.3, -0.25) is 14.7 Å². The molecule has 6 heteroatoms. The second-order valence-corrected chi connectivity index (χ2v) is 8.30. The van der Waals surface area contributed by atoms with E-state index in [0.717, 1.165) is 54.3 Å². The highest BCUT2D eigenvalue weighted by Gasteiger charge is 2.26. The van der Waals surface area contributed by atoms with Gasteiger partial charge in [-0.25, -0.2) is 0 Å². The second-order valence-electron chi connectivity index (χ2n) is 7.89. The minimum absolute atomic E-state index is 0.217. The molecule has 0 aliphatic carbocycles. The number of hydrogen-bond donors (Lipinski definition) is 0. The fourth-order valence-corrected chi connectivity index (χ4v) is 4.41. The number of rotatable bonds is 5. The third-order valence-electron chi connectivity index (χ3n) is 5.80. The summed E-state index contributed by atoms with van der Waals surface area (Å²) in [5.74, 6) is 0.585. The molecule has 0 unspecified atom stereocenters. The maximum absolute atomic E-state index is 12.6. The van der Waals surface area contributed by atoms with E-state index in [2.05, 4.69) is 29.2 Å². The lowest BCUT2D eigenvalue weighted by atomic mass is 9.94. The van der Waals surface area contributed by atoms with Gasteiger partial charge in [-0.1, -0.05) is 35.9 Å². The molecule has 29 heavy (non-hydrogen) atoms. The molecule has 0 radical (unpaired) electrons. The lowest BCUT2D eigenvalue weighted by molar-refractivity contribution is -0.136. The molecule has 1 aromatic carbocycles. The van der Waals surface area contributed by atoms with Gasteiger partial charge in [0.1, 0.15) is 0 Å². The molecule has 2 aromatic rings. The molecular weight excluding hydrogens is 386 g/mol. The van der Waals surface area contributed by atoms with E-state index >= 15 is 0 Å². The lowest BCUT2D eigenvalue weighted by Crippen LogP contribution is -2.47. The number of aromatic nitrogens is 1. The molecule has 2 fully saturated rings. The number of halogens is 1. The molecule has 4 rings (SSSR count). The molecule has 1 aromatic heterocycles. The van der Waals surface area contributed by atoms with Crippen molar-refractivity contribution in [2.75, 3.05) is 45.9 Å². The Morgan fingerprint density at radius 2 is 1.93 bits per heavy atom. The van der Waals surface area contributed by atoms with E-state index in [-0.39, 0.29) is 5.91 Å². The van der Waals surface area contributed by atoms with Crippen LogP contribution in [0.2, 0.25) is 5.02 Å². The van der Waals surface area contributed by atoms with Gasteiger partial charge in [-0.2, -0.15) is 0 Å². The number of pyridine rings is 1. The van der Waals surface area contributed by atoms with Crippen molar-refractivity contribution in [1.29, 1.82) is 0 Å². The standard InChI is InChI=1S/C23H28ClN3O2/c24-21-8-2-1-5-18(21)15-20-7-3-9-22(25-20)19-6-4-10-26(16-19)17-23(28)27-11-13-29-14-12-27/h1-3,5,7-9,19H,4,6,10-17H2/t19-/m1/s1. The van der Waals surface area contributed by atoms with Gasteiger partial charge in [-0.15, -0.1) is 0 Å². The Bertz CT molecular complexity index is 838. The summed E-state index contributed by atoms with van der Waals surface area (Å²) < 4.78 is 5.35. The summed E-state index contributed by atoms with van der Waals surface area (Å²) in [6.45, 7) is 5.08. The highest BCUT2D eigenvalue weighted by Crippen LogP contribution is 2.26. The fraction of sp³-hybridized carbons (Fsp3) is 0.478. The molecule has 2 aliphatic rings. The first-order valence-electron chi connectivity index (χ1n) is 10.5. The number of hydrogen-bond acceptors (Lipinski definition) is 4. The number of amides is 1. The first-order chi connectivity index (χ1) is 14.2. The Labute approximate surface area is 177 Å². The van der Waals surface area contributed by atoms with Crippen molar-refractivity contribution in [3.63, 3.8) is 0 Å². The summed E-state index contributed by atoms with van der Waals surface area (Å²) >= 11 is 6.32. The molecule has 2 saturated heterocycles. The molecule has 5 nitrogen and oxygen atoms in total. The van der Waals surface area contributed by atoms with Crippen LogP contribution in [0.3, 0.4) is 0 Å². The van der Waals surface area contributed by atoms with Crippen LogP contribution in [0.1, 0.15) is 35.7 Å². The third kappa shape index (κ3) is 5.35. The van der Waals surface area contributed by atoms with E-state index in [4.69, 9.17) is 21.3 Å². The Morgan fingerprint density at radius 3 is 2.76 bits per heavy atom. The molecule has 0 spiro atoms. The second kappa shape index (κ2) is 9.70. The van der Waals surface area contributed by atoms with Gasteiger partial charge in [0, 0.05) is 48.4 Å². The summed E-state index contributed by atoms with van der Waals surface area (Å²) in [7, 11) is 0. The molecular formula is C23H28ClN3O2. The average Bonchev–Trinajstić information content (AvgIpc) is 2.76. The van der Waals surface area contributed by atoms with Crippen molar-refractivity contribution in [2.45, 2.75) is 25.2 Å². The van der Waals surface area contributed by atoms with Crippen LogP contribution in [-0.4, -0.2) is 66.6 Å². The molecule has 2 aliphatic heterocycles. The molecule has 1 amide bonds. The van der Waals surface area contributed by atoms with Crippen LogP contribution in [-0.2, 0) is 16.0 Å². The number of carbonyl (C=O) groups excluding carboxylic acids is 1. The molecule has 0 bridgehead atoms. The summed E-state index contributed by atoms with van der Waals surface area (Å²) in [4.78, 5) is 21.8. The van der Waals surface area contributed by atoms with E-state index in [1.165, 1.54) is 0 Å².